The van der Waals surface area contributed by atoms with Gasteiger partial charge in [-0.3, -0.25) is 9.59 Å². The Hall–Kier alpha value is -8.20. The molecule has 2 aromatic heterocycles. The molecule has 8 aromatic rings. The van der Waals surface area contributed by atoms with Crippen LogP contribution in [-0.4, -0.2) is 84.9 Å². The zero-order valence-electron chi connectivity index (χ0n) is 44.8. The zero-order valence-corrected chi connectivity index (χ0v) is 44.8. The third kappa shape index (κ3) is 13.7. The van der Waals surface area contributed by atoms with Gasteiger partial charge in [0.25, 0.3) is 0 Å². The fraction of sp³-hybridized carbons (Fsp3) is 0.279. The largest absolute Gasteiger partial charge is 0.507 e. The number of ketones is 2. The number of rotatable bonds is 17. The number of phenols is 2. The third-order valence-corrected chi connectivity index (χ3v) is 12.6. The maximum Gasteiger partial charge on any atom is 0.230 e. The molecule has 0 radical (unpaired) electrons. The fourth-order valence-electron chi connectivity index (χ4n) is 8.38. The average Bonchev–Trinajstić information content (AvgIpc) is 3.35. The molecule has 2 N–H and O–H groups in total. The van der Waals surface area contributed by atoms with Crippen LogP contribution in [0.3, 0.4) is 0 Å². The monoisotopic (exact) mass is 1010 g/mol. The van der Waals surface area contributed by atoms with Crippen LogP contribution < -0.4 is 9.47 Å². The van der Waals surface area contributed by atoms with Crippen molar-refractivity contribution in [3.63, 3.8) is 0 Å². The number of hydrogen-bond donors (Lipinski definition) is 2. The molecule has 0 aliphatic heterocycles. The molecule has 2 heterocycles. The van der Waals surface area contributed by atoms with Crippen LogP contribution in [0.4, 0.5) is 0 Å². The molecule has 8 rings (SSSR count). The Balaban J connectivity index is 0.000000608. The molecule has 0 saturated heterocycles. The van der Waals surface area contributed by atoms with Gasteiger partial charge in [-0.05, 0) is 140 Å². The van der Waals surface area contributed by atoms with Crippen LogP contribution in [0, 0.1) is 69.2 Å². The number of ether oxygens (including phenoxy) is 4. The van der Waals surface area contributed by atoms with Crippen LogP contribution in [0.2, 0.25) is 0 Å². The van der Waals surface area contributed by atoms with E-state index in [4.69, 9.17) is 48.9 Å². The molecule has 75 heavy (non-hydrogen) atoms. The lowest BCUT2D eigenvalue weighted by Crippen LogP contribution is -2.12. The molecule has 0 atom stereocenters. The first-order valence-corrected chi connectivity index (χ1v) is 24.7. The van der Waals surface area contributed by atoms with E-state index in [2.05, 4.69) is 65.8 Å². The minimum atomic E-state index is -0.198. The van der Waals surface area contributed by atoms with Crippen molar-refractivity contribution in [1.82, 2.24) is 29.9 Å². The number of carbonyl (C=O) groups is 2. The van der Waals surface area contributed by atoms with Crippen molar-refractivity contribution in [1.29, 1.82) is 0 Å². The topological polar surface area (TPSA) is 189 Å². The Morgan fingerprint density at radius 3 is 1.24 bits per heavy atom. The smallest absolute Gasteiger partial charge is 0.230 e. The van der Waals surface area contributed by atoms with Crippen LogP contribution in [0.25, 0.3) is 68.3 Å². The summed E-state index contributed by atoms with van der Waals surface area (Å²) in [6.07, 6.45) is 0. The molecule has 0 unspecified atom stereocenters. The first-order valence-electron chi connectivity index (χ1n) is 24.7. The van der Waals surface area contributed by atoms with Crippen LogP contribution in [0.5, 0.6) is 23.0 Å². The summed E-state index contributed by atoms with van der Waals surface area (Å²) in [7, 11) is 0. The van der Waals surface area contributed by atoms with Crippen molar-refractivity contribution in [3.8, 4) is 91.3 Å². The lowest BCUT2D eigenvalue weighted by molar-refractivity contribution is -0.124. The highest BCUT2D eigenvalue weighted by molar-refractivity contribution is 5.77. The highest BCUT2D eigenvalue weighted by atomic mass is 16.7. The van der Waals surface area contributed by atoms with Gasteiger partial charge in [0.15, 0.2) is 46.5 Å². The molecule has 0 bridgehead atoms. The molecule has 0 fully saturated rings. The van der Waals surface area contributed by atoms with E-state index in [1.807, 2.05) is 70.2 Å². The average molecular weight is 1010 g/mol. The van der Waals surface area contributed by atoms with Gasteiger partial charge in [0, 0.05) is 34.4 Å². The Labute approximate surface area is 438 Å². The predicted octanol–water partition coefficient (Wildman–Crippen LogP) is 12.2. The van der Waals surface area contributed by atoms with E-state index in [-0.39, 0.29) is 43.1 Å². The van der Waals surface area contributed by atoms with Crippen LogP contribution >= 0.6 is 0 Å². The Morgan fingerprint density at radius 1 is 0.400 bits per heavy atom. The number of benzene rings is 6. The molecule has 0 saturated carbocycles. The second-order valence-corrected chi connectivity index (χ2v) is 19.0. The fourth-order valence-corrected chi connectivity index (χ4v) is 8.38. The van der Waals surface area contributed by atoms with Crippen molar-refractivity contribution in [2.75, 3.05) is 33.2 Å². The van der Waals surface area contributed by atoms with E-state index in [0.29, 0.717) is 70.8 Å². The number of aromatic nitrogens is 6. The molecular weight excluding hydrogens is 945 g/mol. The van der Waals surface area contributed by atoms with Gasteiger partial charge in [0.2, 0.25) is 6.79 Å². The van der Waals surface area contributed by atoms with Crippen LogP contribution in [-0.2, 0) is 19.1 Å². The molecule has 14 heteroatoms. The first-order chi connectivity index (χ1) is 35.8. The van der Waals surface area contributed by atoms with E-state index in [9.17, 15) is 19.8 Å². The molecule has 14 nitrogen and oxygen atoms in total. The van der Waals surface area contributed by atoms with Gasteiger partial charge in [0.1, 0.15) is 36.2 Å². The number of hydrogen-bond acceptors (Lipinski definition) is 14. The summed E-state index contributed by atoms with van der Waals surface area (Å²) in [5.74, 6) is 3.36. The van der Waals surface area contributed by atoms with E-state index in [0.717, 1.165) is 66.8 Å². The highest BCUT2D eigenvalue weighted by Crippen LogP contribution is 2.38. The third-order valence-electron chi connectivity index (χ3n) is 12.6. The minimum absolute atomic E-state index is 0.0124. The van der Waals surface area contributed by atoms with Gasteiger partial charge in [-0.1, -0.05) is 83.4 Å². The van der Waals surface area contributed by atoms with Crippen molar-refractivity contribution < 1.29 is 38.7 Å². The molecule has 0 amide bonds. The summed E-state index contributed by atoms with van der Waals surface area (Å²) in [6.45, 7) is 24.1. The second-order valence-electron chi connectivity index (χ2n) is 19.0. The standard InChI is InChI=1S/C53H50N6O4.C8H14O4/c1-28-11-16-39(32(5)21-28)48-54-49(40-17-12-29(2)22-33(40)6)58-53(57-48)44-24-35(8)47(26-46(44)61)63-27-62-38-15-20-43(45(60)25-38)52-56-50(41-18-13-30(3)23-34(41)7)55-51(59-52)42-19-14-31(4)36(9)37(42)10;1-7(9)5-11-3-4-12-6-8(2)10/h11-26,60-61H,27H2,1-10H3;3-6H2,1-2H3. The van der Waals surface area contributed by atoms with E-state index in [1.54, 1.807) is 18.2 Å². The van der Waals surface area contributed by atoms with E-state index < -0.39 is 0 Å². The summed E-state index contributed by atoms with van der Waals surface area (Å²) in [5, 5.41) is 22.8. The Morgan fingerprint density at radius 2 is 0.800 bits per heavy atom. The number of aryl methyl sites for hydroxylation is 8. The maximum absolute atomic E-state index is 11.4. The Bertz CT molecular complexity index is 3340. The maximum atomic E-state index is 11.4. The van der Waals surface area contributed by atoms with Crippen LogP contribution in [0.15, 0.2) is 97.1 Å². The van der Waals surface area contributed by atoms with Gasteiger partial charge < -0.3 is 29.2 Å². The number of Topliss-reactive ketones (excluding diaryl/α,β-unsaturated/α-hetero) is 2. The first kappa shape index (κ1) is 54.6. The summed E-state index contributed by atoms with van der Waals surface area (Å²) in [4.78, 5) is 50.1. The zero-order chi connectivity index (χ0) is 54.1. The molecule has 0 aliphatic carbocycles. The number of aromatic hydroxyl groups is 2. The van der Waals surface area contributed by atoms with Crippen molar-refractivity contribution in [2.24, 2.45) is 0 Å². The predicted molar refractivity (Wildman–Crippen MR) is 292 cm³/mol. The van der Waals surface area contributed by atoms with Crippen molar-refractivity contribution >= 4 is 11.6 Å². The Kier molecular flexibility index (Phi) is 17.6. The van der Waals surface area contributed by atoms with Gasteiger partial charge in [-0.15, -0.1) is 0 Å². The van der Waals surface area contributed by atoms with Crippen molar-refractivity contribution in [2.45, 2.75) is 83.1 Å². The molecule has 0 spiro atoms. The summed E-state index contributed by atoms with van der Waals surface area (Å²) in [5.41, 5.74) is 15.1. The number of carbonyl (C=O) groups excluding carboxylic acids is 2. The summed E-state index contributed by atoms with van der Waals surface area (Å²) >= 11 is 0. The normalized spacial score (nSPS) is 11.0. The van der Waals surface area contributed by atoms with Gasteiger partial charge in [0.05, 0.1) is 24.3 Å². The molecule has 0 aliphatic rings. The van der Waals surface area contributed by atoms with Crippen LogP contribution in [0.1, 0.15) is 69.5 Å². The molecule has 386 valence electrons. The highest BCUT2D eigenvalue weighted by Gasteiger charge is 2.21. The van der Waals surface area contributed by atoms with Gasteiger partial charge >= 0.3 is 0 Å². The van der Waals surface area contributed by atoms with E-state index in [1.165, 1.54) is 37.1 Å². The van der Waals surface area contributed by atoms with Crippen molar-refractivity contribution in [3.05, 3.63) is 153 Å². The van der Waals surface area contributed by atoms with Gasteiger partial charge in [-0.25, -0.2) is 29.9 Å². The number of nitrogens with zero attached hydrogens (tertiary/aromatic N) is 6. The number of phenolic OH excluding ortho intramolecular Hbond substituents is 2. The lowest BCUT2D eigenvalue weighted by atomic mass is 9.98. The van der Waals surface area contributed by atoms with Gasteiger partial charge in [-0.2, -0.15) is 0 Å². The SMILES string of the molecule is CC(=O)COCCOCC(C)=O.Cc1ccc(-c2nc(-c3ccc(C)cc3C)nc(-c3cc(C)c(OCOc4ccc(-c5nc(-c6ccc(C)cc6C)nc(-c6ccc(C)c(C)c6C)n5)c(O)c4)cc3O)n2)c(C)c1. The quantitative estimate of drug-likeness (QED) is 0.0647. The summed E-state index contributed by atoms with van der Waals surface area (Å²) in [6, 6.07) is 30.9. The molecular formula is C61H64N6O8. The second kappa shape index (κ2) is 24.2. The minimum Gasteiger partial charge on any atom is -0.507 e. The van der Waals surface area contributed by atoms with E-state index >= 15 is 0 Å². The molecule has 6 aromatic carbocycles. The summed E-state index contributed by atoms with van der Waals surface area (Å²) < 4.78 is 21.8. The lowest BCUT2D eigenvalue weighted by Gasteiger charge is -2.15.